The molecule has 0 N–H and O–H groups in total. The molecule has 30 heavy (non-hydrogen) atoms. The fraction of sp³-hybridized carbons (Fsp3) is 0.0952. The summed E-state index contributed by atoms with van der Waals surface area (Å²) in [5, 5.41) is 10.9. The molecule has 3 aromatic rings. The monoisotopic (exact) mass is 423 g/mol. The molecule has 0 radical (unpaired) electrons. The lowest BCUT2D eigenvalue weighted by molar-refractivity contribution is -0.384. The van der Waals surface area contributed by atoms with E-state index in [4.69, 9.17) is 0 Å². The van der Waals surface area contributed by atoms with Crippen LogP contribution in [-0.4, -0.2) is 19.4 Å². The number of para-hydroxylation sites is 1. The Labute approximate surface area is 173 Å². The molecule has 0 aromatic heterocycles. The number of aryl methyl sites for hydroxylation is 1. The van der Waals surface area contributed by atoms with Crippen LogP contribution in [0.2, 0.25) is 0 Å². The molecule has 1 aliphatic rings. The van der Waals surface area contributed by atoms with Crippen molar-refractivity contribution in [3.8, 4) is 0 Å². The fourth-order valence-electron chi connectivity index (χ4n) is 3.37. The second-order valence-corrected chi connectivity index (χ2v) is 8.62. The number of fused-ring (bicyclic) bond motifs is 1. The number of benzene rings is 3. The predicted molar refractivity (Wildman–Crippen MR) is 112 cm³/mol. The van der Waals surface area contributed by atoms with Crippen LogP contribution in [0.4, 0.5) is 21.9 Å². The van der Waals surface area contributed by atoms with E-state index in [-0.39, 0.29) is 28.5 Å². The number of non-ortho nitro benzene ring substituents is 1. The number of rotatable bonds is 4. The lowest BCUT2D eigenvalue weighted by Crippen LogP contribution is -2.50. The standard InChI is InChI=1S/C21H17N3O5S/c1-15-5-4-6-18(13-15)23-21(25)22(14-16-9-11-17(12-10-16)24(26)27)19-7-2-3-8-20(19)30(23,28)29/h2-13H,14H2,1H3. The van der Waals surface area contributed by atoms with Gasteiger partial charge >= 0.3 is 6.03 Å². The van der Waals surface area contributed by atoms with Gasteiger partial charge in [-0.3, -0.25) is 15.0 Å². The summed E-state index contributed by atoms with van der Waals surface area (Å²) >= 11 is 0. The number of nitrogens with zero attached hydrogens (tertiary/aromatic N) is 3. The number of urea groups is 1. The van der Waals surface area contributed by atoms with Crippen LogP contribution in [-0.2, 0) is 16.6 Å². The molecule has 0 fully saturated rings. The number of hydrogen-bond donors (Lipinski definition) is 0. The van der Waals surface area contributed by atoms with Gasteiger partial charge in [-0.05, 0) is 42.3 Å². The second kappa shape index (κ2) is 7.27. The fourth-order valence-corrected chi connectivity index (χ4v) is 4.96. The number of amides is 2. The molecule has 8 nitrogen and oxygen atoms in total. The van der Waals surface area contributed by atoms with Crippen molar-refractivity contribution in [3.63, 3.8) is 0 Å². The van der Waals surface area contributed by atoms with Gasteiger partial charge in [-0.15, -0.1) is 0 Å². The highest BCUT2D eigenvalue weighted by Gasteiger charge is 2.42. The molecule has 0 aliphatic carbocycles. The minimum absolute atomic E-state index is 0.0213. The van der Waals surface area contributed by atoms with Gasteiger partial charge in [0.1, 0.15) is 4.90 Å². The Morgan fingerprint density at radius 3 is 2.33 bits per heavy atom. The Balaban J connectivity index is 1.81. The molecule has 1 aliphatic heterocycles. The van der Waals surface area contributed by atoms with Crippen LogP contribution in [0.1, 0.15) is 11.1 Å². The third-order valence-corrected chi connectivity index (χ3v) is 6.55. The van der Waals surface area contributed by atoms with Crippen molar-refractivity contribution < 1.29 is 18.1 Å². The summed E-state index contributed by atoms with van der Waals surface area (Å²) in [6.45, 7) is 1.87. The first kappa shape index (κ1) is 19.6. The molecule has 0 spiro atoms. The molecule has 4 rings (SSSR count). The summed E-state index contributed by atoms with van der Waals surface area (Å²) in [4.78, 5) is 25.1. The average molecular weight is 423 g/mol. The van der Waals surface area contributed by atoms with Gasteiger partial charge in [0.15, 0.2) is 0 Å². The van der Waals surface area contributed by atoms with Crippen molar-refractivity contribution >= 4 is 33.1 Å². The maximum atomic E-state index is 13.4. The number of sulfonamides is 1. The van der Waals surface area contributed by atoms with Crippen molar-refractivity contribution in [2.24, 2.45) is 0 Å². The van der Waals surface area contributed by atoms with E-state index in [9.17, 15) is 23.3 Å². The minimum Gasteiger partial charge on any atom is -0.287 e. The highest BCUT2D eigenvalue weighted by molar-refractivity contribution is 7.94. The van der Waals surface area contributed by atoms with E-state index in [1.54, 1.807) is 48.5 Å². The zero-order chi connectivity index (χ0) is 21.5. The van der Waals surface area contributed by atoms with Crippen molar-refractivity contribution in [1.82, 2.24) is 0 Å². The third kappa shape index (κ3) is 3.29. The minimum atomic E-state index is -4.09. The summed E-state index contributed by atoms with van der Waals surface area (Å²) in [6, 6.07) is 18.1. The van der Waals surface area contributed by atoms with Gasteiger partial charge in [-0.1, -0.05) is 36.4 Å². The van der Waals surface area contributed by atoms with Gasteiger partial charge in [-0.25, -0.2) is 13.2 Å². The van der Waals surface area contributed by atoms with Crippen molar-refractivity contribution in [3.05, 3.63) is 94.0 Å². The van der Waals surface area contributed by atoms with E-state index < -0.39 is 21.0 Å². The first-order valence-corrected chi connectivity index (χ1v) is 10.5. The van der Waals surface area contributed by atoms with E-state index in [1.807, 2.05) is 13.0 Å². The van der Waals surface area contributed by atoms with Crippen molar-refractivity contribution in [1.29, 1.82) is 0 Å². The molecule has 9 heteroatoms. The Bertz CT molecular complexity index is 1260. The lowest BCUT2D eigenvalue weighted by Gasteiger charge is -2.36. The van der Waals surface area contributed by atoms with Gasteiger partial charge in [0, 0.05) is 12.1 Å². The Hall–Kier alpha value is -3.72. The molecule has 3 aromatic carbocycles. The maximum Gasteiger partial charge on any atom is 0.343 e. The Morgan fingerprint density at radius 2 is 1.67 bits per heavy atom. The van der Waals surface area contributed by atoms with Gasteiger partial charge in [-0.2, -0.15) is 4.31 Å². The van der Waals surface area contributed by atoms with Gasteiger partial charge < -0.3 is 0 Å². The smallest absolute Gasteiger partial charge is 0.287 e. The van der Waals surface area contributed by atoms with Crippen LogP contribution in [0.5, 0.6) is 0 Å². The summed E-state index contributed by atoms with van der Waals surface area (Å²) in [5.41, 5.74) is 1.91. The lowest BCUT2D eigenvalue weighted by atomic mass is 10.1. The van der Waals surface area contributed by atoms with Crippen LogP contribution in [0, 0.1) is 17.0 Å². The number of carbonyl (C=O) groups excluding carboxylic acids is 1. The van der Waals surface area contributed by atoms with Crippen molar-refractivity contribution in [2.45, 2.75) is 18.4 Å². The molecule has 1 heterocycles. The van der Waals surface area contributed by atoms with Crippen LogP contribution in [0.3, 0.4) is 0 Å². The van der Waals surface area contributed by atoms with Gasteiger partial charge in [0.25, 0.3) is 15.7 Å². The number of anilines is 2. The van der Waals surface area contributed by atoms with E-state index in [1.165, 1.54) is 23.1 Å². The first-order chi connectivity index (χ1) is 14.3. The van der Waals surface area contributed by atoms with Crippen molar-refractivity contribution in [2.75, 3.05) is 9.21 Å². The Kier molecular flexibility index (Phi) is 4.75. The normalized spacial score (nSPS) is 15.0. The number of nitro benzene ring substituents is 1. The summed E-state index contributed by atoms with van der Waals surface area (Å²) in [7, 11) is -4.09. The molecule has 0 unspecified atom stereocenters. The van der Waals surface area contributed by atoms with Gasteiger partial charge in [0.05, 0.1) is 22.8 Å². The molecule has 0 saturated heterocycles. The highest BCUT2D eigenvalue weighted by atomic mass is 32.2. The molecular formula is C21H17N3O5S. The zero-order valence-electron chi connectivity index (χ0n) is 15.9. The quantitative estimate of drug-likeness (QED) is 0.461. The van der Waals surface area contributed by atoms with E-state index in [0.717, 1.165) is 9.87 Å². The Morgan fingerprint density at radius 1 is 0.967 bits per heavy atom. The second-order valence-electron chi connectivity index (χ2n) is 6.87. The van der Waals surface area contributed by atoms with E-state index in [0.29, 0.717) is 5.56 Å². The molecule has 0 bridgehead atoms. The number of hydrogen-bond acceptors (Lipinski definition) is 5. The number of carbonyl (C=O) groups is 1. The molecule has 0 saturated carbocycles. The van der Waals surface area contributed by atoms with Crippen LogP contribution >= 0.6 is 0 Å². The zero-order valence-corrected chi connectivity index (χ0v) is 16.7. The van der Waals surface area contributed by atoms with Crippen LogP contribution in [0.25, 0.3) is 0 Å². The molecule has 0 atom stereocenters. The highest BCUT2D eigenvalue weighted by Crippen LogP contribution is 2.38. The summed E-state index contributed by atoms with van der Waals surface area (Å²) < 4.78 is 27.3. The average Bonchev–Trinajstić information content (AvgIpc) is 2.71. The topological polar surface area (TPSA) is 101 Å². The predicted octanol–water partition coefficient (Wildman–Crippen LogP) is 4.24. The maximum absolute atomic E-state index is 13.4. The van der Waals surface area contributed by atoms with Gasteiger partial charge in [0.2, 0.25) is 0 Å². The third-order valence-electron chi connectivity index (χ3n) is 4.80. The first-order valence-electron chi connectivity index (χ1n) is 9.05. The number of nitro groups is 1. The summed E-state index contributed by atoms with van der Waals surface area (Å²) in [6.07, 6.45) is 0. The van der Waals surface area contributed by atoms with E-state index >= 15 is 0 Å². The van der Waals surface area contributed by atoms with E-state index in [2.05, 4.69) is 0 Å². The molecular weight excluding hydrogens is 406 g/mol. The molecule has 152 valence electrons. The molecule has 2 amide bonds. The summed E-state index contributed by atoms with van der Waals surface area (Å²) in [5.74, 6) is 0. The SMILES string of the molecule is Cc1cccc(N2C(=O)N(Cc3ccc([N+](=O)[O-])cc3)c3ccccc3S2(=O)=O)c1. The van der Waals surface area contributed by atoms with Crippen LogP contribution < -0.4 is 9.21 Å². The largest absolute Gasteiger partial charge is 0.343 e. The van der Waals surface area contributed by atoms with Crippen LogP contribution in [0.15, 0.2) is 77.7 Å².